The smallest absolute Gasteiger partial charge is 0.191 e. The van der Waals surface area contributed by atoms with Gasteiger partial charge in [0.25, 0.3) is 0 Å². The lowest BCUT2D eigenvalue weighted by atomic mass is 10.2. The Labute approximate surface area is 154 Å². The maximum Gasteiger partial charge on any atom is 0.191 e. The van der Waals surface area contributed by atoms with Gasteiger partial charge in [-0.15, -0.1) is 11.3 Å². The maximum atomic E-state index is 5.70. The summed E-state index contributed by atoms with van der Waals surface area (Å²) in [4.78, 5) is 9.88. The second-order valence-corrected chi connectivity index (χ2v) is 7.64. The van der Waals surface area contributed by atoms with Crippen LogP contribution in [-0.2, 0) is 13.0 Å². The SMILES string of the molecule is CN=C(NCCc1ncc(C)s1)NCc1ccc(OCC(C)C)cc1. The van der Waals surface area contributed by atoms with Gasteiger partial charge in [0, 0.05) is 37.6 Å². The van der Waals surface area contributed by atoms with Crippen LogP contribution in [0.4, 0.5) is 0 Å². The minimum absolute atomic E-state index is 0.532. The van der Waals surface area contributed by atoms with Crippen molar-refractivity contribution in [3.63, 3.8) is 0 Å². The van der Waals surface area contributed by atoms with E-state index in [-0.39, 0.29) is 0 Å². The molecule has 2 aromatic rings. The number of benzene rings is 1. The van der Waals surface area contributed by atoms with Crippen molar-refractivity contribution in [2.24, 2.45) is 10.9 Å². The van der Waals surface area contributed by atoms with Gasteiger partial charge in [0.1, 0.15) is 5.75 Å². The minimum atomic E-state index is 0.532. The van der Waals surface area contributed by atoms with E-state index in [0.717, 1.165) is 42.8 Å². The summed E-state index contributed by atoms with van der Waals surface area (Å²) in [6.07, 6.45) is 2.82. The summed E-state index contributed by atoms with van der Waals surface area (Å²) in [5.41, 5.74) is 1.19. The molecule has 0 aliphatic carbocycles. The predicted molar refractivity (Wildman–Crippen MR) is 106 cm³/mol. The molecule has 6 heteroatoms. The van der Waals surface area contributed by atoms with Crippen LogP contribution < -0.4 is 15.4 Å². The summed E-state index contributed by atoms with van der Waals surface area (Å²) >= 11 is 1.74. The summed E-state index contributed by atoms with van der Waals surface area (Å²) in [6.45, 7) is 8.65. The van der Waals surface area contributed by atoms with E-state index in [0.29, 0.717) is 5.92 Å². The van der Waals surface area contributed by atoms with Gasteiger partial charge in [0.05, 0.1) is 11.6 Å². The molecule has 1 aromatic carbocycles. The first kappa shape index (κ1) is 19.2. The van der Waals surface area contributed by atoms with Crippen LogP contribution in [-0.4, -0.2) is 31.1 Å². The molecule has 0 spiro atoms. The highest BCUT2D eigenvalue weighted by Crippen LogP contribution is 2.13. The minimum Gasteiger partial charge on any atom is -0.493 e. The van der Waals surface area contributed by atoms with Gasteiger partial charge in [-0.3, -0.25) is 4.99 Å². The largest absolute Gasteiger partial charge is 0.493 e. The van der Waals surface area contributed by atoms with Crippen LogP contribution in [0.5, 0.6) is 5.75 Å². The summed E-state index contributed by atoms with van der Waals surface area (Å²) in [6, 6.07) is 8.18. The molecule has 0 bridgehead atoms. The highest BCUT2D eigenvalue weighted by atomic mass is 32.1. The summed E-state index contributed by atoms with van der Waals surface area (Å²) in [5.74, 6) is 2.25. The average Bonchev–Trinajstić information content (AvgIpc) is 3.02. The Bertz CT molecular complexity index is 664. The zero-order chi connectivity index (χ0) is 18.1. The van der Waals surface area contributed by atoms with Crippen molar-refractivity contribution < 1.29 is 4.74 Å². The van der Waals surface area contributed by atoms with Gasteiger partial charge in [-0.25, -0.2) is 4.98 Å². The molecular formula is C19H28N4OS. The fourth-order valence-corrected chi connectivity index (χ4v) is 2.96. The molecule has 0 atom stereocenters. The van der Waals surface area contributed by atoms with Gasteiger partial charge < -0.3 is 15.4 Å². The van der Waals surface area contributed by atoms with E-state index < -0.39 is 0 Å². The number of aromatic nitrogens is 1. The molecule has 5 nitrogen and oxygen atoms in total. The van der Waals surface area contributed by atoms with Crippen LogP contribution in [0.1, 0.15) is 29.3 Å². The number of hydrogen-bond donors (Lipinski definition) is 2. The molecule has 0 aliphatic heterocycles. The fourth-order valence-electron chi connectivity index (χ4n) is 2.18. The van der Waals surface area contributed by atoms with Crippen molar-refractivity contribution in [2.45, 2.75) is 33.7 Å². The maximum absolute atomic E-state index is 5.70. The summed E-state index contributed by atoms with van der Waals surface area (Å²) in [7, 11) is 1.78. The van der Waals surface area contributed by atoms with Crippen molar-refractivity contribution in [3.8, 4) is 5.75 Å². The first-order valence-electron chi connectivity index (χ1n) is 8.64. The standard InChI is InChI=1S/C19H28N4OS/c1-14(2)13-24-17-7-5-16(6-8-17)12-23-19(20-4)21-10-9-18-22-11-15(3)25-18/h5-8,11,14H,9-10,12-13H2,1-4H3,(H2,20,21,23). The normalized spacial score (nSPS) is 11.6. The number of hydrogen-bond acceptors (Lipinski definition) is 4. The topological polar surface area (TPSA) is 58.5 Å². The van der Waals surface area contributed by atoms with Crippen LogP contribution in [0, 0.1) is 12.8 Å². The number of nitrogens with zero attached hydrogens (tertiary/aromatic N) is 2. The van der Waals surface area contributed by atoms with Gasteiger partial charge in [-0.1, -0.05) is 26.0 Å². The van der Waals surface area contributed by atoms with Crippen molar-refractivity contribution in [2.75, 3.05) is 20.2 Å². The first-order valence-corrected chi connectivity index (χ1v) is 9.46. The third kappa shape index (κ3) is 7.13. The number of aliphatic imine (C=N–C) groups is 1. The van der Waals surface area contributed by atoms with Gasteiger partial charge in [-0.2, -0.15) is 0 Å². The van der Waals surface area contributed by atoms with E-state index in [9.17, 15) is 0 Å². The Balaban J connectivity index is 1.72. The predicted octanol–water partition coefficient (Wildman–Crippen LogP) is 3.39. The van der Waals surface area contributed by atoms with E-state index in [1.54, 1.807) is 18.4 Å². The van der Waals surface area contributed by atoms with Gasteiger partial charge in [0.15, 0.2) is 5.96 Å². The number of rotatable bonds is 8. The third-order valence-corrected chi connectivity index (χ3v) is 4.46. The lowest BCUT2D eigenvalue weighted by molar-refractivity contribution is 0.271. The molecule has 25 heavy (non-hydrogen) atoms. The number of nitrogens with one attached hydrogen (secondary N) is 2. The highest BCUT2D eigenvalue weighted by molar-refractivity contribution is 7.11. The molecule has 0 saturated heterocycles. The number of aryl methyl sites for hydroxylation is 1. The van der Waals surface area contributed by atoms with E-state index in [2.05, 4.69) is 53.5 Å². The van der Waals surface area contributed by atoms with Crippen LogP contribution in [0.3, 0.4) is 0 Å². The average molecular weight is 361 g/mol. The quantitative estimate of drug-likeness (QED) is 0.560. The second kappa shape index (κ2) is 10.0. The molecule has 0 fully saturated rings. The summed E-state index contributed by atoms with van der Waals surface area (Å²) in [5, 5.41) is 7.80. The van der Waals surface area contributed by atoms with Crippen molar-refractivity contribution in [3.05, 3.63) is 45.9 Å². The zero-order valence-corrected chi connectivity index (χ0v) is 16.3. The Hall–Kier alpha value is -2.08. The van der Waals surface area contributed by atoms with E-state index in [4.69, 9.17) is 4.74 Å². The molecule has 1 aromatic heterocycles. The Kier molecular flexibility index (Phi) is 7.73. The summed E-state index contributed by atoms with van der Waals surface area (Å²) < 4.78 is 5.70. The van der Waals surface area contributed by atoms with Crippen molar-refractivity contribution in [1.29, 1.82) is 0 Å². The van der Waals surface area contributed by atoms with Crippen LogP contribution in [0.2, 0.25) is 0 Å². The van der Waals surface area contributed by atoms with E-state index in [1.165, 1.54) is 10.4 Å². The molecule has 2 rings (SSSR count). The lowest BCUT2D eigenvalue weighted by Crippen LogP contribution is -2.37. The lowest BCUT2D eigenvalue weighted by Gasteiger charge is -2.12. The highest BCUT2D eigenvalue weighted by Gasteiger charge is 2.02. The zero-order valence-electron chi connectivity index (χ0n) is 15.5. The molecule has 0 unspecified atom stereocenters. The molecule has 2 N–H and O–H groups in total. The van der Waals surface area contributed by atoms with Crippen molar-refractivity contribution in [1.82, 2.24) is 15.6 Å². The Morgan fingerprint density at radius 3 is 2.60 bits per heavy atom. The number of guanidine groups is 1. The molecule has 0 saturated carbocycles. The van der Waals surface area contributed by atoms with E-state index in [1.807, 2.05) is 18.3 Å². The first-order chi connectivity index (χ1) is 12.1. The Morgan fingerprint density at radius 1 is 1.24 bits per heavy atom. The Morgan fingerprint density at radius 2 is 2.00 bits per heavy atom. The second-order valence-electron chi connectivity index (χ2n) is 6.32. The van der Waals surface area contributed by atoms with Crippen LogP contribution in [0.25, 0.3) is 0 Å². The third-order valence-electron chi connectivity index (χ3n) is 3.49. The molecule has 1 heterocycles. The number of thiazole rings is 1. The fraction of sp³-hybridized carbons (Fsp3) is 0.474. The monoisotopic (exact) mass is 360 g/mol. The molecule has 0 amide bonds. The van der Waals surface area contributed by atoms with Crippen LogP contribution in [0.15, 0.2) is 35.5 Å². The number of ether oxygens (including phenoxy) is 1. The molecule has 0 aliphatic rings. The van der Waals surface area contributed by atoms with E-state index >= 15 is 0 Å². The van der Waals surface area contributed by atoms with Crippen molar-refractivity contribution >= 4 is 17.3 Å². The molecular weight excluding hydrogens is 332 g/mol. The van der Waals surface area contributed by atoms with Gasteiger partial charge >= 0.3 is 0 Å². The molecule has 136 valence electrons. The van der Waals surface area contributed by atoms with Gasteiger partial charge in [0.2, 0.25) is 0 Å². The van der Waals surface area contributed by atoms with Crippen LogP contribution >= 0.6 is 11.3 Å². The molecule has 0 radical (unpaired) electrons. The van der Waals surface area contributed by atoms with Gasteiger partial charge in [-0.05, 0) is 30.5 Å².